The third-order valence-corrected chi connectivity index (χ3v) is 5.79. The predicted molar refractivity (Wildman–Crippen MR) is 134 cm³/mol. The van der Waals surface area contributed by atoms with Crippen molar-refractivity contribution in [2.24, 2.45) is 23.3 Å². The van der Waals surface area contributed by atoms with Gasteiger partial charge in [0.15, 0.2) is 0 Å². The molecule has 5 atom stereocenters. The zero-order valence-electron chi connectivity index (χ0n) is 21.3. The summed E-state index contributed by atoms with van der Waals surface area (Å²) in [6.07, 6.45) is 0.433. The summed E-state index contributed by atoms with van der Waals surface area (Å²) in [5.74, 6) is -4.52. The second-order valence-corrected chi connectivity index (χ2v) is 9.43. The number of amides is 4. The molecule has 200 valence electrons. The SMILES string of the molecule is CCC(C)C(NC(=O)C(CC(C)C)NC(=O)C(CC(N)=O)NC(=O)C(N)Cc1ccccc1)C(=O)O. The van der Waals surface area contributed by atoms with E-state index in [1.807, 2.05) is 19.9 Å². The van der Waals surface area contributed by atoms with Crippen molar-refractivity contribution in [3.05, 3.63) is 35.9 Å². The lowest BCUT2D eigenvalue weighted by Crippen LogP contribution is -2.58. The van der Waals surface area contributed by atoms with Crippen molar-refractivity contribution in [1.82, 2.24) is 16.0 Å². The third-order valence-electron chi connectivity index (χ3n) is 5.79. The molecular formula is C25H39N5O6. The second kappa shape index (κ2) is 14.8. The number of primary amides is 1. The van der Waals surface area contributed by atoms with Gasteiger partial charge in [-0.2, -0.15) is 0 Å². The Balaban J connectivity index is 2.99. The van der Waals surface area contributed by atoms with E-state index >= 15 is 0 Å². The molecule has 0 saturated heterocycles. The van der Waals surface area contributed by atoms with Crippen molar-refractivity contribution in [2.75, 3.05) is 0 Å². The minimum Gasteiger partial charge on any atom is -0.480 e. The van der Waals surface area contributed by atoms with Gasteiger partial charge in [0.1, 0.15) is 18.1 Å². The van der Waals surface area contributed by atoms with Gasteiger partial charge in [0.25, 0.3) is 0 Å². The van der Waals surface area contributed by atoms with Gasteiger partial charge in [-0.15, -0.1) is 0 Å². The highest BCUT2D eigenvalue weighted by atomic mass is 16.4. The van der Waals surface area contributed by atoms with Gasteiger partial charge in [-0.1, -0.05) is 64.4 Å². The maximum Gasteiger partial charge on any atom is 0.326 e. The molecule has 11 heteroatoms. The fourth-order valence-corrected chi connectivity index (χ4v) is 3.56. The molecule has 8 N–H and O–H groups in total. The predicted octanol–water partition coefficient (Wildman–Crippen LogP) is 0.0630. The zero-order chi connectivity index (χ0) is 27.4. The summed E-state index contributed by atoms with van der Waals surface area (Å²) in [4.78, 5) is 61.9. The van der Waals surface area contributed by atoms with Gasteiger partial charge in [0.05, 0.1) is 12.5 Å². The van der Waals surface area contributed by atoms with Gasteiger partial charge in [-0.25, -0.2) is 4.79 Å². The summed E-state index contributed by atoms with van der Waals surface area (Å²) in [5, 5.41) is 17.0. The van der Waals surface area contributed by atoms with Gasteiger partial charge >= 0.3 is 5.97 Å². The van der Waals surface area contributed by atoms with Gasteiger partial charge < -0.3 is 32.5 Å². The second-order valence-electron chi connectivity index (χ2n) is 9.43. The summed E-state index contributed by atoms with van der Waals surface area (Å²) in [7, 11) is 0. The lowest BCUT2D eigenvalue weighted by molar-refractivity contribution is -0.144. The number of rotatable bonds is 15. The van der Waals surface area contributed by atoms with E-state index in [1.165, 1.54) is 0 Å². The van der Waals surface area contributed by atoms with Crippen LogP contribution in [0.15, 0.2) is 30.3 Å². The first-order chi connectivity index (χ1) is 16.8. The fourth-order valence-electron chi connectivity index (χ4n) is 3.56. The van der Waals surface area contributed by atoms with Crippen LogP contribution in [0, 0.1) is 11.8 Å². The number of carbonyl (C=O) groups is 5. The van der Waals surface area contributed by atoms with Crippen LogP contribution in [0.3, 0.4) is 0 Å². The molecule has 0 aliphatic carbocycles. The van der Waals surface area contributed by atoms with E-state index in [2.05, 4.69) is 16.0 Å². The normalized spacial score (nSPS) is 15.2. The number of carboxylic acids is 1. The van der Waals surface area contributed by atoms with Gasteiger partial charge in [0.2, 0.25) is 23.6 Å². The molecule has 0 fully saturated rings. The van der Waals surface area contributed by atoms with Crippen molar-refractivity contribution < 1.29 is 29.1 Å². The quantitative estimate of drug-likeness (QED) is 0.194. The first-order valence-electron chi connectivity index (χ1n) is 12.1. The van der Waals surface area contributed by atoms with Crippen LogP contribution < -0.4 is 27.4 Å². The van der Waals surface area contributed by atoms with Crippen molar-refractivity contribution in [1.29, 1.82) is 0 Å². The number of nitrogens with two attached hydrogens (primary N) is 2. The number of benzene rings is 1. The Kier molecular flexibility index (Phi) is 12.6. The Morgan fingerprint density at radius 1 is 0.889 bits per heavy atom. The molecule has 0 heterocycles. The molecule has 4 amide bonds. The number of aliphatic carboxylic acids is 1. The van der Waals surface area contributed by atoms with E-state index in [9.17, 15) is 29.1 Å². The molecule has 11 nitrogen and oxygen atoms in total. The highest BCUT2D eigenvalue weighted by Crippen LogP contribution is 2.11. The van der Waals surface area contributed by atoms with Gasteiger partial charge in [-0.3, -0.25) is 19.2 Å². The largest absolute Gasteiger partial charge is 0.480 e. The van der Waals surface area contributed by atoms with E-state index in [0.29, 0.717) is 6.42 Å². The summed E-state index contributed by atoms with van der Waals surface area (Å²) >= 11 is 0. The van der Waals surface area contributed by atoms with Crippen molar-refractivity contribution in [2.45, 2.75) is 77.5 Å². The fraction of sp³-hybridized carbons (Fsp3) is 0.560. The van der Waals surface area contributed by atoms with Crippen LogP contribution in [0.25, 0.3) is 0 Å². The number of nitrogens with one attached hydrogen (secondary N) is 3. The van der Waals surface area contributed by atoms with Crippen LogP contribution in [-0.2, 0) is 30.4 Å². The average Bonchev–Trinajstić information content (AvgIpc) is 2.80. The Labute approximate surface area is 211 Å². The zero-order valence-corrected chi connectivity index (χ0v) is 21.3. The Morgan fingerprint density at radius 3 is 1.94 bits per heavy atom. The average molecular weight is 506 g/mol. The van der Waals surface area contributed by atoms with Crippen LogP contribution in [0.1, 0.15) is 52.5 Å². The standard InChI is InChI=1S/C25H39N5O6/c1-5-15(4)21(25(35)36)30-24(34)18(11-14(2)3)29-23(33)19(13-20(27)31)28-22(32)17(26)12-16-9-7-6-8-10-16/h6-10,14-15,17-19,21H,5,11-13,26H2,1-4H3,(H2,27,31)(H,28,32)(H,29,33)(H,30,34)(H,35,36). The van der Waals surface area contributed by atoms with E-state index in [0.717, 1.165) is 5.56 Å². The lowest BCUT2D eigenvalue weighted by Gasteiger charge is -2.27. The molecule has 1 aromatic rings. The molecule has 0 aliphatic heterocycles. The van der Waals surface area contributed by atoms with E-state index < -0.39 is 60.2 Å². The molecule has 0 saturated carbocycles. The molecule has 1 rings (SSSR count). The number of carbonyl (C=O) groups excluding carboxylic acids is 4. The maximum atomic E-state index is 13.0. The van der Waals surface area contributed by atoms with Crippen LogP contribution >= 0.6 is 0 Å². The highest BCUT2D eigenvalue weighted by molar-refractivity contribution is 5.96. The molecule has 0 spiro atoms. The van der Waals surface area contributed by atoms with E-state index in [-0.39, 0.29) is 24.7 Å². The van der Waals surface area contributed by atoms with Crippen molar-refractivity contribution >= 4 is 29.6 Å². The number of hydrogen-bond donors (Lipinski definition) is 6. The Hall–Kier alpha value is -3.47. The Morgan fingerprint density at radius 2 is 1.44 bits per heavy atom. The summed E-state index contributed by atoms with van der Waals surface area (Å²) < 4.78 is 0. The first-order valence-corrected chi connectivity index (χ1v) is 12.1. The third kappa shape index (κ3) is 10.4. The molecule has 0 bridgehead atoms. The first kappa shape index (κ1) is 30.6. The van der Waals surface area contributed by atoms with E-state index in [4.69, 9.17) is 11.5 Å². The molecule has 0 radical (unpaired) electrons. The lowest BCUT2D eigenvalue weighted by atomic mass is 9.97. The van der Waals surface area contributed by atoms with Gasteiger partial charge in [0, 0.05) is 0 Å². The van der Waals surface area contributed by atoms with Gasteiger partial charge in [-0.05, 0) is 30.2 Å². The molecule has 0 aromatic heterocycles. The van der Waals surface area contributed by atoms with Crippen molar-refractivity contribution in [3.8, 4) is 0 Å². The molecule has 1 aromatic carbocycles. The molecule has 0 aliphatic rings. The van der Waals surface area contributed by atoms with Crippen LogP contribution in [0.2, 0.25) is 0 Å². The summed E-state index contributed by atoms with van der Waals surface area (Å²) in [5.41, 5.74) is 12.1. The topological polar surface area (TPSA) is 194 Å². The summed E-state index contributed by atoms with van der Waals surface area (Å²) in [6.45, 7) is 7.17. The smallest absolute Gasteiger partial charge is 0.326 e. The number of hydrogen-bond acceptors (Lipinski definition) is 6. The minimum atomic E-state index is -1.36. The van der Waals surface area contributed by atoms with Crippen LogP contribution in [0.5, 0.6) is 0 Å². The molecule has 5 unspecified atom stereocenters. The highest BCUT2D eigenvalue weighted by Gasteiger charge is 2.32. The Bertz CT molecular complexity index is 907. The molecule has 36 heavy (non-hydrogen) atoms. The minimum absolute atomic E-state index is 0.0311. The van der Waals surface area contributed by atoms with Crippen molar-refractivity contribution in [3.63, 3.8) is 0 Å². The maximum absolute atomic E-state index is 13.0. The van der Waals surface area contributed by atoms with Crippen LogP contribution in [0.4, 0.5) is 0 Å². The van der Waals surface area contributed by atoms with Crippen LogP contribution in [-0.4, -0.2) is 58.9 Å². The monoisotopic (exact) mass is 505 g/mol. The van der Waals surface area contributed by atoms with E-state index in [1.54, 1.807) is 38.1 Å². The molecular weight excluding hydrogens is 466 g/mol. The summed E-state index contributed by atoms with van der Waals surface area (Å²) in [6, 6.07) is 4.48. The number of carboxylic acid groups (broad SMARTS) is 1.